The summed E-state index contributed by atoms with van der Waals surface area (Å²) in [5.74, 6) is 0.159. The number of benzene rings is 1. The average molecular weight is 480 g/mol. The fraction of sp³-hybridized carbons (Fsp3) is 0.240. The zero-order chi connectivity index (χ0) is 23.4. The molecule has 0 unspecified atom stereocenters. The minimum atomic E-state index is -1.02. The second kappa shape index (κ2) is 10.1. The lowest BCUT2D eigenvalue weighted by atomic mass is 10.1. The molecule has 0 bridgehead atoms. The van der Waals surface area contributed by atoms with Crippen LogP contribution in [0.1, 0.15) is 35.5 Å². The Labute approximate surface area is 201 Å². The number of hydrogen-bond donors (Lipinski definition) is 1. The van der Waals surface area contributed by atoms with E-state index in [2.05, 4.69) is 11.9 Å². The van der Waals surface area contributed by atoms with E-state index in [1.165, 1.54) is 0 Å². The van der Waals surface area contributed by atoms with Gasteiger partial charge in [0.1, 0.15) is 17.1 Å². The zero-order valence-electron chi connectivity index (χ0n) is 18.7. The van der Waals surface area contributed by atoms with E-state index < -0.39 is 5.97 Å². The van der Waals surface area contributed by atoms with E-state index in [0.29, 0.717) is 17.6 Å². The molecule has 0 aliphatic heterocycles. The van der Waals surface area contributed by atoms with Gasteiger partial charge in [0.05, 0.1) is 12.3 Å². The molecule has 4 rings (SSSR count). The fourth-order valence-electron chi connectivity index (χ4n) is 3.56. The molecule has 6 nitrogen and oxygen atoms in total. The van der Waals surface area contributed by atoms with Crippen molar-refractivity contribution in [3.8, 4) is 27.4 Å². The van der Waals surface area contributed by atoms with Crippen molar-refractivity contribution in [1.82, 2.24) is 9.97 Å². The van der Waals surface area contributed by atoms with E-state index in [1.54, 1.807) is 39.8 Å². The zero-order valence-corrected chi connectivity index (χ0v) is 20.4. The molecule has 0 saturated heterocycles. The molecule has 1 aromatic carbocycles. The molecule has 4 aromatic rings. The van der Waals surface area contributed by atoms with Gasteiger partial charge < -0.3 is 14.7 Å². The number of aryl methyl sites for hydroxylation is 1. The number of hydrogen-bond acceptors (Lipinski definition) is 7. The minimum absolute atomic E-state index is 0.149. The van der Waals surface area contributed by atoms with Crippen LogP contribution in [0.4, 0.5) is 10.9 Å². The SMILES string of the molecule is CCCc1sc(N(C)c2ncc(-c3cccs3)cc2C(=O)O)nc1-c1cccc(OCC)c1. The maximum absolute atomic E-state index is 12.1. The van der Waals surface area contributed by atoms with E-state index in [9.17, 15) is 9.90 Å². The predicted octanol–water partition coefficient (Wildman–Crippen LogP) is 6.75. The molecule has 33 heavy (non-hydrogen) atoms. The van der Waals surface area contributed by atoms with Crippen LogP contribution in [0.15, 0.2) is 54.0 Å². The lowest BCUT2D eigenvalue weighted by Gasteiger charge is -2.17. The largest absolute Gasteiger partial charge is 0.494 e. The van der Waals surface area contributed by atoms with Crippen molar-refractivity contribution < 1.29 is 14.6 Å². The Kier molecular flexibility index (Phi) is 7.05. The number of thiophene rings is 1. The third-order valence-corrected chi connectivity index (χ3v) is 7.20. The molecule has 0 spiro atoms. The fourth-order valence-corrected chi connectivity index (χ4v) is 5.41. The van der Waals surface area contributed by atoms with Gasteiger partial charge in [0.2, 0.25) is 0 Å². The number of nitrogens with zero attached hydrogens (tertiary/aromatic N) is 3. The van der Waals surface area contributed by atoms with Crippen LogP contribution in [0, 0.1) is 0 Å². The van der Waals surface area contributed by atoms with Crippen molar-refractivity contribution in [2.24, 2.45) is 0 Å². The molecule has 1 N–H and O–H groups in total. The maximum atomic E-state index is 12.1. The first-order valence-corrected chi connectivity index (χ1v) is 12.4. The number of rotatable bonds is 9. The third kappa shape index (κ3) is 4.91. The van der Waals surface area contributed by atoms with Gasteiger partial charge in [0, 0.05) is 34.1 Å². The summed E-state index contributed by atoms with van der Waals surface area (Å²) in [6.45, 7) is 4.69. The summed E-state index contributed by atoms with van der Waals surface area (Å²) < 4.78 is 5.67. The summed E-state index contributed by atoms with van der Waals surface area (Å²) in [4.78, 5) is 25.4. The van der Waals surface area contributed by atoms with Gasteiger partial charge in [-0.2, -0.15) is 0 Å². The lowest BCUT2D eigenvalue weighted by Crippen LogP contribution is -2.15. The van der Waals surface area contributed by atoms with Crippen LogP contribution < -0.4 is 9.64 Å². The van der Waals surface area contributed by atoms with Crippen molar-refractivity contribution in [3.05, 3.63) is 64.5 Å². The van der Waals surface area contributed by atoms with E-state index in [-0.39, 0.29) is 5.56 Å². The van der Waals surface area contributed by atoms with Gasteiger partial charge in [-0.25, -0.2) is 14.8 Å². The first-order chi connectivity index (χ1) is 16.0. The number of carboxylic acids is 1. The van der Waals surface area contributed by atoms with Crippen molar-refractivity contribution in [1.29, 1.82) is 0 Å². The summed E-state index contributed by atoms with van der Waals surface area (Å²) in [5.41, 5.74) is 2.83. The van der Waals surface area contributed by atoms with Crippen LogP contribution in [-0.2, 0) is 6.42 Å². The molecule has 0 fully saturated rings. The first kappa shape index (κ1) is 22.9. The van der Waals surface area contributed by atoms with Crippen molar-refractivity contribution in [2.45, 2.75) is 26.7 Å². The van der Waals surface area contributed by atoms with E-state index in [1.807, 2.05) is 55.7 Å². The number of carboxylic acid groups (broad SMARTS) is 1. The van der Waals surface area contributed by atoms with Gasteiger partial charge in [-0.1, -0.05) is 31.5 Å². The van der Waals surface area contributed by atoms with Crippen LogP contribution in [0.25, 0.3) is 21.7 Å². The number of thiazole rings is 1. The third-order valence-electron chi connectivity index (χ3n) is 5.09. The quantitative estimate of drug-likeness (QED) is 0.286. The van der Waals surface area contributed by atoms with Crippen LogP contribution in [0.5, 0.6) is 5.75 Å². The lowest BCUT2D eigenvalue weighted by molar-refractivity contribution is 0.0697. The van der Waals surface area contributed by atoms with Gasteiger partial charge in [0.15, 0.2) is 5.13 Å². The van der Waals surface area contributed by atoms with Gasteiger partial charge >= 0.3 is 5.97 Å². The van der Waals surface area contributed by atoms with Gasteiger partial charge in [-0.15, -0.1) is 22.7 Å². The Bertz CT molecular complexity index is 1250. The highest BCUT2D eigenvalue weighted by molar-refractivity contribution is 7.16. The Morgan fingerprint density at radius 3 is 2.70 bits per heavy atom. The highest BCUT2D eigenvalue weighted by Crippen LogP contribution is 2.38. The van der Waals surface area contributed by atoms with Crippen LogP contribution in [0.3, 0.4) is 0 Å². The van der Waals surface area contributed by atoms with Crippen molar-refractivity contribution in [3.63, 3.8) is 0 Å². The Morgan fingerprint density at radius 2 is 2.00 bits per heavy atom. The number of aromatic carboxylic acids is 1. The summed E-state index contributed by atoms with van der Waals surface area (Å²) in [5, 5.41) is 12.6. The molecule has 170 valence electrons. The average Bonchev–Trinajstić information content (AvgIpc) is 3.50. The molecule has 0 aliphatic carbocycles. The second-order valence-electron chi connectivity index (χ2n) is 7.42. The summed E-state index contributed by atoms with van der Waals surface area (Å²) in [6, 6.07) is 13.5. The number of carbonyl (C=O) groups is 1. The van der Waals surface area contributed by atoms with Crippen LogP contribution in [0.2, 0.25) is 0 Å². The molecular formula is C25H25N3O3S2. The van der Waals surface area contributed by atoms with Crippen LogP contribution in [-0.4, -0.2) is 34.7 Å². The number of pyridine rings is 1. The molecule has 0 amide bonds. The normalized spacial score (nSPS) is 10.9. The monoisotopic (exact) mass is 479 g/mol. The van der Waals surface area contributed by atoms with Crippen molar-refractivity contribution in [2.75, 3.05) is 18.6 Å². The maximum Gasteiger partial charge on any atom is 0.339 e. The molecular weight excluding hydrogens is 454 g/mol. The standard InChI is InChI=1S/C25H25N3O3S2/c1-4-8-21-22(16-9-6-10-18(13-16)31-5-2)27-25(33-21)28(3)23-19(24(29)30)14-17(15-26-23)20-11-7-12-32-20/h6-7,9-15H,4-5,8H2,1-3H3,(H,29,30). The number of aromatic nitrogens is 2. The van der Waals surface area contributed by atoms with Gasteiger partial charge in [-0.05, 0) is 43.0 Å². The molecule has 0 atom stereocenters. The smallest absolute Gasteiger partial charge is 0.339 e. The molecule has 3 aromatic heterocycles. The topological polar surface area (TPSA) is 75.6 Å². The molecule has 3 heterocycles. The van der Waals surface area contributed by atoms with Gasteiger partial charge in [0.25, 0.3) is 0 Å². The molecule has 0 saturated carbocycles. The Balaban J connectivity index is 1.74. The predicted molar refractivity (Wildman–Crippen MR) is 135 cm³/mol. The van der Waals surface area contributed by atoms with Crippen LogP contribution >= 0.6 is 22.7 Å². The summed E-state index contributed by atoms with van der Waals surface area (Å²) in [7, 11) is 1.81. The van der Waals surface area contributed by atoms with Gasteiger partial charge in [-0.3, -0.25) is 0 Å². The summed E-state index contributed by atoms with van der Waals surface area (Å²) >= 11 is 3.12. The molecule has 0 aliphatic rings. The number of anilines is 2. The van der Waals surface area contributed by atoms with E-state index >= 15 is 0 Å². The summed E-state index contributed by atoms with van der Waals surface area (Å²) in [6.07, 6.45) is 3.59. The highest BCUT2D eigenvalue weighted by Gasteiger charge is 2.22. The highest BCUT2D eigenvalue weighted by atomic mass is 32.1. The Hall–Kier alpha value is -3.23. The van der Waals surface area contributed by atoms with E-state index in [4.69, 9.17) is 9.72 Å². The second-order valence-corrected chi connectivity index (χ2v) is 9.43. The molecule has 8 heteroatoms. The minimum Gasteiger partial charge on any atom is -0.494 e. The number of ether oxygens (including phenoxy) is 1. The van der Waals surface area contributed by atoms with Crippen molar-refractivity contribution >= 4 is 39.6 Å². The molecule has 0 radical (unpaired) electrons. The van der Waals surface area contributed by atoms with E-state index in [0.717, 1.165) is 45.2 Å². The first-order valence-electron chi connectivity index (χ1n) is 10.8. The Morgan fingerprint density at radius 1 is 1.15 bits per heavy atom.